The first-order valence-corrected chi connectivity index (χ1v) is 12.4. The van der Waals surface area contributed by atoms with Crippen molar-refractivity contribution in [3.8, 4) is 0 Å². The minimum Gasteiger partial charge on any atom is -0.468 e. The summed E-state index contributed by atoms with van der Waals surface area (Å²) in [6.45, 7) is 4.93. The summed E-state index contributed by atoms with van der Waals surface area (Å²) < 4.78 is 25.0. The molecule has 0 spiro atoms. The predicted molar refractivity (Wildman–Crippen MR) is 128 cm³/mol. The van der Waals surface area contributed by atoms with Crippen LogP contribution in [0.2, 0.25) is 5.02 Å². The topological polar surface area (TPSA) is 90.0 Å². The molecule has 1 atom stereocenters. The van der Waals surface area contributed by atoms with Crippen molar-refractivity contribution in [3.05, 3.63) is 34.1 Å². The molecule has 10 heteroatoms. The molecule has 34 heavy (non-hydrogen) atoms. The lowest BCUT2D eigenvalue weighted by atomic mass is 9.90. The Kier molecular flexibility index (Phi) is 10.6. The van der Waals surface area contributed by atoms with Gasteiger partial charge in [0.05, 0.1) is 24.4 Å². The van der Waals surface area contributed by atoms with Crippen LogP contribution in [0.3, 0.4) is 0 Å². The molecule has 1 aliphatic carbocycles. The number of amides is 2. The van der Waals surface area contributed by atoms with Crippen molar-refractivity contribution in [2.24, 2.45) is 0 Å². The molecule has 0 saturated carbocycles. The molecule has 0 aromatic heterocycles. The molecule has 2 rings (SSSR count). The molecule has 0 radical (unpaired) electrons. The number of carbonyl (C=O) groups is 4. The number of halogens is 2. The summed E-state index contributed by atoms with van der Waals surface area (Å²) in [5.74, 6) is -3.47. The van der Waals surface area contributed by atoms with Crippen LogP contribution in [-0.2, 0) is 28.7 Å². The van der Waals surface area contributed by atoms with Gasteiger partial charge in [0.25, 0.3) is 5.91 Å². The van der Waals surface area contributed by atoms with E-state index in [1.807, 2.05) is 6.92 Å². The lowest BCUT2D eigenvalue weighted by Crippen LogP contribution is -2.38. The van der Waals surface area contributed by atoms with Gasteiger partial charge in [0, 0.05) is 23.0 Å². The van der Waals surface area contributed by atoms with E-state index in [1.165, 1.54) is 13.2 Å². The molecule has 186 valence electrons. The SMILES string of the molecule is CCCCOC(=O)C1=C(C(=O)N(C(C)=O)c2cc(SC(C)C(=O)OC)c(Cl)cc2F)CCCC1. The molecule has 7 nitrogen and oxygen atoms in total. The van der Waals surface area contributed by atoms with Gasteiger partial charge in [-0.1, -0.05) is 24.9 Å². The number of imide groups is 1. The number of carbonyl (C=O) groups excluding carboxylic acids is 4. The highest BCUT2D eigenvalue weighted by molar-refractivity contribution is 8.00. The van der Waals surface area contributed by atoms with Gasteiger partial charge in [0.15, 0.2) is 0 Å². The van der Waals surface area contributed by atoms with Crippen LogP contribution in [0, 0.1) is 5.82 Å². The number of benzene rings is 1. The third kappa shape index (κ3) is 6.82. The zero-order valence-corrected chi connectivity index (χ0v) is 21.3. The molecular formula is C24H29ClFNO6S. The quantitative estimate of drug-likeness (QED) is 0.254. The summed E-state index contributed by atoms with van der Waals surface area (Å²) in [7, 11) is 1.25. The van der Waals surface area contributed by atoms with Gasteiger partial charge >= 0.3 is 11.9 Å². The molecule has 0 bridgehead atoms. The van der Waals surface area contributed by atoms with E-state index < -0.39 is 34.8 Å². The summed E-state index contributed by atoms with van der Waals surface area (Å²) in [6, 6.07) is 2.24. The zero-order valence-electron chi connectivity index (χ0n) is 19.7. The monoisotopic (exact) mass is 513 g/mol. The van der Waals surface area contributed by atoms with E-state index in [1.54, 1.807) is 6.92 Å². The highest BCUT2D eigenvalue weighted by Gasteiger charge is 2.32. The Morgan fingerprint density at radius 1 is 1.18 bits per heavy atom. The first kappa shape index (κ1) is 27.9. The summed E-state index contributed by atoms with van der Waals surface area (Å²) in [4.78, 5) is 51.4. The van der Waals surface area contributed by atoms with E-state index in [0.717, 1.165) is 31.2 Å². The third-order valence-corrected chi connectivity index (χ3v) is 6.86. The highest BCUT2D eigenvalue weighted by atomic mass is 35.5. The molecule has 0 heterocycles. The van der Waals surface area contributed by atoms with Crippen molar-refractivity contribution in [1.29, 1.82) is 0 Å². The minimum atomic E-state index is -0.882. The normalized spacial score (nSPS) is 14.4. The fraction of sp³-hybridized carbons (Fsp3) is 0.500. The minimum absolute atomic E-state index is 0.0232. The fourth-order valence-corrected chi connectivity index (χ4v) is 4.71. The number of ether oxygens (including phenoxy) is 2. The molecule has 1 aliphatic rings. The average molecular weight is 514 g/mol. The first-order chi connectivity index (χ1) is 16.1. The van der Waals surface area contributed by atoms with Crippen LogP contribution >= 0.6 is 23.4 Å². The third-order valence-electron chi connectivity index (χ3n) is 5.30. The fourth-order valence-electron chi connectivity index (χ4n) is 3.50. The van der Waals surface area contributed by atoms with E-state index in [9.17, 15) is 23.6 Å². The standard InChI is InChI=1S/C24H29ClFNO6S/c1-5-6-11-33-24(31)17-10-8-7-9-16(17)22(29)27(15(3)28)20-13-21(18(25)12-19(20)26)34-14(2)23(30)32-4/h12-14H,5-11H2,1-4H3. The smallest absolute Gasteiger partial charge is 0.334 e. The molecule has 1 unspecified atom stereocenters. The Balaban J connectivity index is 2.47. The van der Waals surface area contributed by atoms with Gasteiger partial charge in [-0.05, 0) is 51.2 Å². The summed E-state index contributed by atoms with van der Waals surface area (Å²) in [6.07, 6.45) is 3.52. The van der Waals surface area contributed by atoms with Crippen LogP contribution in [-0.4, -0.2) is 42.7 Å². The number of nitrogens with zero attached hydrogens (tertiary/aromatic N) is 1. The van der Waals surface area contributed by atoms with E-state index in [0.29, 0.717) is 35.5 Å². The summed E-state index contributed by atoms with van der Waals surface area (Å²) >= 11 is 7.17. The van der Waals surface area contributed by atoms with Crippen molar-refractivity contribution < 1.29 is 33.0 Å². The summed E-state index contributed by atoms with van der Waals surface area (Å²) in [5, 5.41) is -0.636. The second-order valence-electron chi connectivity index (χ2n) is 7.83. The predicted octanol–water partition coefficient (Wildman–Crippen LogP) is 5.23. The number of methoxy groups -OCH3 is 1. The van der Waals surface area contributed by atoms with E-state index in [-0.39, 0.29) is 34.9 Å². The number of unbranched alkanes of at least 4 members (excludes halogenated alkanes) is 1. The van der Waals surface area contributed by atoms with Gasteiger partial charge in [0.2, 0.25) is 5.91 Å². The van der Waals surface area contributed by atoms with E-state index in [2.05, 4.69) is 0 Å². The maximum Gasteiger partial charge on any atom is 0.334 e. The van der Waals surface area contributed by atoms with Gasteiger partial charge in [-0.15, -0.1) is 11.8 Å². The van der Waals surface area contributed by atoms with Gasteiger partial charge in [0.1, 0.15) is 11.1 Å². The molecule has 0 aliphatic heterocycles. The van der Waals surface area contributed by atoms with Crippen LogP contribution in [0.1, 0.15) is 59.3 Å². The Morgan fingerprint density at radius 2 is 1.82 bits per heavy atom. The van der Waals surface area contributed by atoms with Gasteiger partial charge in [-0.25, -0.2) is 14.1 Å². The largest absolute Gasteiger partial charge is 0.468 e. The Labute approximate surface area is 208 Å². The Bertz CT molecular complexity index is 996. The highest BCUT2D eigenvalue weighted by Crippen LogP contribution is 2.37. The van der Waals surface area contributed by atoms with Gasteiger partial charge in [-0.2, -0.15) is 0 Å². The number of rotatable bonds is 9. The van der Waals surface area contributed by atoms with Crippen LogP contribution in [0.25, 0.3) is 0 Å². The Hall–Kier alpha value is -2.39. The average Bonchev–Trinajstić information content (AvgIpc) is 2.81. The molecular weight excluding hydrogens is 485 g/mol. The van der Waals surface area contributed by atoms with Crippen LogP contribution in [0.4, 0.5) is 10.1 Å². The first-order valence-electron chi connectivity index (χ1n) is 11.1. The van der Waals surface area contributed by atoms with Crippen LogP contribution < -0.4 is 4.90 Å². The van der Waals surface area contributed by atoms with Gasteiger partial charge < -0.3 is 9.47 Å². The van der Waals surface area contributed by atoms with Crippen molar-refractivity contribution >= 4 is 52.8 Å². The van der Waals surface area contributed by atoms with Crippen LogP contribution in [0.15, 0.2) is 28.2 Å². The number of esters is 2. The van der Waals surface area contributed by atoms with E-state index in [4.69, 9.17) is 21.1 Å². The number of hydrogen-bond donors (Lipinski definition) is 0. The number of anilines is 1. The lowest BCUT2D eigenvalue weighted by molar-refractivity contribution is -0.140. The molecule has 0 saturated heterocycles. The lowest BCUT2D eigenvalue weighted by Gasteiger charge is -2.26. The second kappa shape index (κ2) is 12.9. The maximum absolute atomic E-state index is 15.0. The molecule has 0 fully saturated rings. The molecule has 1 aromatic carbocycles. The van der Waals surface area contributed by atoms with E-state index >= 15 is 0 Å². The van der Waals surface area contributed by atoms with Gasteiger partial charge in [-0.3, -0.25) is 14.4 Å². The van der Waals surface area contributed by atoms with Crippen molar-refractivity contribution in [2.75, 3.05) is 18.6 Å². The molecule has 1 aromatic rings. The van der Waals surface area contributed by atoms with Crippen molar-refractivity contribution in [1.82, 2.24) is 0 Å². The molecule has 2 amide bonds. The zero-order chi connectivity index (χ0) is 25.4. The summed E-state index contributed by atoms with van der Waals surface area (Å²) in [5.41, 5.74) is 0.0644. The second-order valence-corrected chi connectivity index (χ2v) is 9.62. The number of hydrogen-bond acceptors (Lipinski definition) is 7. The maximum atomic E-state index is 15.0. The van der Waals surface area contributed by atoms with Crippen molar-refractivity contribution in [3.63, 3.8) is 0 Å². The van der Waals surface area contributed by atoms with Crippen molar-refractivity contribution in [2.45, 2.75) is 69.4 Å². The number of thioether (sulfide) groups is 1. The molecule has 0 N–H and O–H groups in total. The Morgan fingerprint density at radius 3 is 2.41 bits per heavy atom. The van der Waals surface area contributed by atoms with Crippen LogP contribution in [0.5, 0.6) is 0 Å².